The van der Waals surface area contributed by atoms with Crippen LogP contribution in [0.25, 0.3) is 0 Å². The number of nitrogens with zero attached hydrogens (tertiary/aromatic N) is 2. The number of thiocarbonyl (C=S) groups is 1. The quantitative estimate of drug-likeness (QED) is 0.628. The van der Waals surface area contributed by atoms with Crippen LogP contribution in [0.4, 0.5) is 19.0 Å². The number of hydrogen-bond acceptors (Lipinski definition) is 4. The molecular weight excluding hydrogens is 253 g/mol. The van der Waals surface area contributed by atoms with E-state index in [4.69, 9.17) is 18.0 Å². The van der Waals surface area contributed by atoms with E-state index in [1.54, 1.807) is 6.07 Å². The number of nitrogens with two attached hydrogens (primary N) is 1. The van der Waals surface area contributed by atoms with Crippen LogP contribution in [0.5, 0.6) is 0 Å². The number of hydrogen-bond donors (Lipinski definition) is 2. The molecule has 0 spiro atoms. The number of halogens is 3. The van der Waals surface area contributed by atoms with Crippen molar-refractivity contribution in [3.63, 3.8) is 0 Å². The van der Waals surface area contributed by atoms with Crippen LogP contribution in [0.1, 0.15) is 18.4 Å². The Morgan fingerprint density at radius 3 is 2.76 bits per heavy atom. The maximum absolute atomic E-state index is 11.9. The Morgan fingerprint density at radius 1 is 1.47 bits per heavy atom. The highest BCUT2D eigenvalue weighted by molar-refractivity contribution is 7.80. The Kier molecular flexibility index (Phi) is 4.62. The SMILES string of the molecule is NC(=S)c1ccnnc1NCCCC(F)(F)F. The molecule has 94 valence electrons. The molecule has 1 aromatic heterocycles. The zero-order valence-electron chi connectivity index (χ0n) is 8.79. The summed E-state index contributed by atoms with van der Waals surface area (Å²) in [4.78, 5) is 0.123. The first kappa shape index (κ1) is 13.6. The first-order chi connectivity index (χ1) is 7.90. The minimum Gasteiger partial charge on any atom is -0.389 e. The van der Waals surface area contributed by atoms with Crippen molar-refractivity contribution in [2.75, 3.05) is 11.9 Å². The molecule has 0 radical (unpaired) electrons. The van der Waals surface area contributed by atoms with Gasteiger partial charge in [-0.1, -0.05) is 12.2 Å². The van der Waals surface area contributed by atoms with Crippen molar-refractivity contribution in [3.8, 4) is 0 Å². The maximum atomic E-state index is 11.9. The fourth-order valence-electron chi connectivity index (χ4n) is 1.16. The third kappa shape index (κ3) is 4.94. The largest absolute Gasteiger partial charge is 0.389 e. The van der Waals surface area contributed by atoms with E-state index in [0.29, 0.717) is 11.4 Å². The van der Waals surface area contributed by atoms with Gasteiger partial charge in [-0.15, -0.1) is 5.10 Å². The van der Waals surface area contributed by atoms with E-state index in [-0.39, 0.29) is 18.0 Å². The molecular formula is C9H11F3N4S. The van der Waals surface area contributed by atoms with Crippen LogP contribution in [0.15, 0.2) is 12.3 Å². The Hall–Kier alpha value is -1.44. The van der Waals surface area contributed by atoms with Gasteiger partial charge in [0.15, 0.2) is 5.82 Å². The van der Waals surface area contributed by atoms with Gasteiger partial charge in [0, 0.05) is 13.0 Å². The van der Waals surface area contributed by atoms with Crippen molar-refractivity contribution in [1.29, 1.82) is 0 Å². The molecule has 1 aromatic rings. The van der Waals surface area contributed by atoms with Crippen LogP contribution < -0.4 is 11.1 Å². The summed E-state index contributed by atoms with van der Waals surface area (Å²) in [6.45, 7) is 0.133. The van der Waals surface area contributed by atoms with Gasteiger partial charge in [-0.05, 0) is 12.5 Å². The molecule has 1 rings (SSSR count). The summed E-state index contributed by atoms with van der Waals surface area (Å²) < 4.78 is 35.7. The Balaban J connectivity index is 2.49. The van der Waals surface area contributed by atoms with Crippen molar-refractivity contribution < 1.29 is 13.2 Å². The summed E-state index contributed by atoms with van der Waals surface area (Å²) in [7, 11) is 0. The lowest BCUT2D eigenvalue weighted by Crippen LogP contribution is -2.16. The molecule has 17 heavy (non-hydrogen) atoms. The van der Waals surface area contributed by atoms with Crippen LogP contribution in [0.3, 0.4) is 0 Å². The second-order valence-electron chi connectivity index (χ2n) is 3.30. The molecule has 0 fully saturated rings. The zero-order chi connectivity index (χ0) is 12.9. The molecule has 0 amide bonds. The van der Waals surface area contributed by atoms with E-state index in [1.807, 2.05) is 0 Å². The topological polar surface area (TPSA) is 63.8 Å². The first-order valence-electron chi connectivity index (χ1n) is 4.82. The van der Waals surface area contributed by atoms with Gasteiger partial charge < -0.3 is 11.1 Å². The monoisotopic (exact) mass is 264 g/mol. The molecule has 0 aliphatic carbocycles. The van der Waals surface area contributed by atoms with Gasteiger partial charge >= 0.3 is 6.18 Å². The van der Waals surface area contributed by atoms with E-state index in [9.17, 15) is 13.2 Å². The molecule has 0 unspecified atom stereocenters. The van der Waals surface area contributed by atoms with Crippen LogP contribution in [0, 0.1) is 0 Å². The van der Waals surface area contributed by atoms with Crippen molar-refractivity contribution in [3.05, 3.63) is 17.8 Å². The maximum Gasteiger partial charge on any atom is 0.389 e. The highest BCUT2D eigenvalue weighted by Gasteiger charge is 2.25. The second kappa shape index (κ2) is 5.76. The average molecular weight is 264 g/mol. The fourth-order valence-corrected chi connectivity index (χ4v) is 1.32. The number of aromatic nitrogens is 2. The molecule has 0 aliphatic heterocycles. The predicted octanol–water partition coefficient (Wildman–Crippen LogP) is 1.87. The molecule has 0 aromatic carbocycles. The number of rotatable bonds is 5. The molecule has 0 aliphatic rings. The van der Waals surface area contributed by atoms with E-state index >= 15 is 0 Å². The van der Waals surface area contributed by atoms with E-state index in [1.165, 1.54) is 6.20 Å². The molecule has 0 saturated carbocycles. The van der Waals surface area contributed by atoms with E-state index < -0.39 is 12.6 Å². The standard InChI is InChI=1S/C9H11F3N4S/c10-9(11,12)3-1-4-14-8-6(7(13)17)2-5-15-16-8/h2,5H,1,3-4H2,(H2,13,17)(H,14,16). The summed E-state index contributed by atoms with van der Waals surface area (Å²) in [5, 5.41) is 10.1. The van der Waals surface area contributed by atoms with Crippen LogP contribution in [-0.2, 0) is 0 Å². The predicted molar refractivity (Wildman–Crippen MR) is 61.7 cm³/mol. The normalized spacial score (nSPS) is 11.2. The highest BCUT2D eigenvalue weighted by Crippen LogP contribution is 2.21. The Bertz CT molecular complexity index is 394. The molecule has 4 nitrogen and oxygen atoms in total. The summed E-state index contributed by atoms with van der Waals surface area (Å²) in [5.41, 5.74) is 5.91. The van der Waals surface area contributed by atoms with E-state index in [2.05, 4.69) is 15.5 Å². The second-order valence-corrected chi connectivity index (χ2v) is 3.74. The lowest BCUT2D eigenvalue weighted by molar-refractivity contribution is -0.134. The number of alkyl halides is 3. The van der Waals surface area contributed by atoms with Gasteiger partial charge in [-0.3, -0.25) is 0 Å². The number of nitrogens with one attached hydrogen (secondary N) is 1. The molecule has 0 atom stereocenters. The van der Waals surface area contributed by atoms with Crippen molar-refractivity contribution in [1.82, 2.24) is 10.2 Å². The summed E-state index contributed by atoms with van der Waals surface area (Å²) in [5.74, 6) is 0.308. The summed E-state index contributed by atoms with van der Waals surface area (Å²) >= 11 is 4.78. The lowest BCUT2D eigenvalue weighted by atomic mass is 10.2. The van der Waals surface area contributed by atoms with Gasteiger partial charge in [0.05, 0.1) is 11.8 Å². The Labute approximate surface area is 101 Å². The smallest absolute Gasteiger partial charge is 0.389 e. The lowest BCUT2D eigenvalue weighted by Gasteiger charge is -2.09. The summed E-state index contributed by atoms with van der Waals surface area (Å²) in [6, 6.07) is 1.56. The molecule has 0 bridgehead atoms. The Morgan fingerprint density at radius 2 is 2.18 bits per heavy atom. The zero-order valence-corrected chi connectivity index (χ0v) is 9.61. The van der Waals surface area contributed by atoms with E-state index in [0.717, 1.165) is 0 Å². The van der Waals surface area contributed by atoms with Gasteiger partial charge in [0.25, 0.3) is 0 Å². The summed E-state index contributed by atoms with van der Waals surface area (Å²) in [6.07, 6.45) is -3.62. The van der Waals surface area contributed by atoms with Gasteiger partial charge in [0.1, 0.15) is 4.99 Å². The third-order valence-electron chi connectivity index (χ3n) is 1.92. The van der Waals surface area contributed by atoms with Crippen molar-refractivity contribution in [2.24, 2.45) is 5.73 Å². The van der Waals surface area contributed by atoms with Crippen LogP contribution in [-0.4, -0.2) is 27.9 Å². The molecule has 1 heterocycles. The van der Waals surface area contributed by atoms with Gasteiger partial charge in [-0.2, -0.15) is 18.3 Å². The minimum absolute atomic E-state index is 0.0448. The number of anilines is 1. The van der Waals surface area contributed by atoms with Crippen molar-refractivity contribution >= 4 is 23.0 Å². The first-order valence-corrected chi connectivity index (χ1v) is 5.23. The fraction of sp³-hybridized carbons (Fsp3) is 0.444. The van der Waals surface area contributed by atoms with Gasteiger partial charge in [-0.25, -0.2) is 0 Å². The van der Waals surface area contributed by atoms with Crippen LogP contribution in [0.2, 0.25) is 0 Å². The third-order valence-corrected chi connectivity index (χ3v) is 2.14. The molecule has 0 saturated heterocycles. The minimum atomic E-state index is -4.14. The van der Waals surface area contributed by atoms with Crippen molar-refractivity contribution in [2.45, 2.75) is 19.0 Å². The molecule has 3 N–H and O–H groups in total. The van der Waals surface area contributed by atoms with Crippen LogP contribution >= 0.6 is 12.2 Å². The molecule has 8 heteroatoms. The van der Waals surface area contributed by atoms with Gasteiger partial charge in [0.2, 0.25) is 0 Å². The highest BCUT2D eigenvalue weighted by atomic mass is 32.1. The average Bonchev–Trinajstić information content (AvgIpc) is 2.23.